The molecule has 0 fully saturated rings. The number of hydrogen-bond acceptors (Lipinski definition) is 3. The van der Waals surface area contributed by atoms with E-state index in [0.29, 0.717) is 10.4 Å². The van der Waals surface area contributed by atoms with Crippen molar-refractivity contribution in [2.24, 2.45) is 0 Å². The Balaban J connectivity index is 0.000000739. The van der Waals surface area contributed by atoms with Gasteiger partial charge in [-0.2, -0.15) is 0 Å². The summed E-state index contributed by atoms with van der Waals surface area (Å²) in [5.74, 6) is -0.417. The molecule has 0 aliphatic rings. The number of aromatic amines is 1. The fourth-order valence-corrected chi connectivity index (χ4v) is 3.57. The van der Waals surface area contributed by atoms with Crippen LogP contribution in [0.1, 0.15) is 51.9 Å². The summed E-state index contributed by atoms with van der Waals surface area (Å²) in [5.41, 5.74) is 3.18. The van der Waals surface area contributed by atoms with E-state index in [-0.39, 0.29) is 11.0 Å². The third-order valence-electron chi connectivity index (χ3n) is 3.99. The highest BCUT2D eigenvalue weighted by Crippen LogP contribution is 2.27. The van der Waals surface area contributed by atoms with Crippen LogP contribution in [0, 0.1) is 0 Å². The summed E-state index contributed by atoms with van der Waals surface area (Å²) < 4.78 is 0.559. The fourth-order valence-electron chi connectivity index (χ4n) is 2.76. The van der Waals surface area contributed by atoms with Crippen molar-refractivity contribution in [1.29, 1.82) is 0 Å². The van der Waals surface area contributed by atoms with Crippen molar-refractivity contribution >= 4 is 33.1 Å². The number of nitrogens with one attached hydrogen (secondary N) is 2. The van der Waals surface area contributed by atoms with Crippen molar-refractivity contribution in [1.82, 2.24) is 4.98 Å². The lowest BCUT2D eigenvalue weighted by Gasteiger charge is -2.11. The molecule has 0 aliphatic heterocycles. The van der Waals surface area contributed by atoms with Crippen LogP contribution in [0.4, 0.5) is 5.69 Å². The largest absolute Gasteiger partial charge is 0.359 e. The Morgan fingerprint density at radius 2 is 1.45 bits per heavy atom. The molecule has 0 saturated heterocycles. The second kappa shape index (κ2) is 13.9. The lowest BCUT2D eigenvalue weighted by molar-refractivity contribution is 0.102. The van der Waals surface area contributed by atoms with E-state index in [9.17, 15) is 9.59 Å². The minimum absolute atomic E-state index is 0.109. The van der Waals surface area contributed by atoms with Gasteiger partial charge in [0, 0.05) is 17.4 Å². The number of amides is 1. The van der Waals surface area contributed by atoms with E-state index in [2.05, 4.69) is 10.3 Å². The van der Waals surface area contributed by atoms with Crippen molar-refractivity contribution in [3.05, 3.63) is 88.0 Å². The zero-order chi connectivity index (χ0) is 23.2. The van der Waals surface area contributed by atoms with Gasteiger partial charge in [-0.05, 0) is 23.1 Å². The van der Waals surface area contributed by atoms with Crippen molar-refractivity contribution in [2.45, 2.75) is 41.5 Å². The van der Waals surface area contributed by atoms with E-state index in [1.807, 2.05) is 108 Å². The van der Waals surface area contributed by atoms with Gasteiger partial charge in [0.1, 0.15) is 5.56 Å². The zero-order valence-electron chi connectivity index (χ0n) is 19.2. The Labute approximate surface area is 189 Å². The van der Waals surface area contributed by atoms with E-state index in [1.165, 1.54) is 17.5 Å². The highest BCUT2D eigenvalue weighted by atomic mass is 32.1. The van der Waals surface area contributed by atoms with Crippen molar-refractivity contribution in [3.8, 4) is 11.1 Å². The zero-order valence-corrected chi connectivity index (χ0v) is 20.0. The summed E-state index contributed by atoms with van der Waals surface area (Å²) in [4.78, 5) is 28.2. The third-order valence-corrected chi connectivity index (χ3v) is 4.91. The van der Waals surface area contributed by atoms with Crippen LogP contribution in [0.25, 0.3) is 21.3 Å². The van der Waals surface area contributed by atoms with E-state index in [0.717, 1.165) is 16.6 Å². The fraction of sp³-hybridized carbons (Fsp3) is 0.231. The first kappa shape index (κ1) is 25.9. The van der Waals surface area contributed by atoms with Gasteiger partial charge in [-0.25, -0.2) is 0 Å². The molecule has 4 nitrogen and oxygen atoms in total. The summed E-state index contributed by atoms with van der Waals surface area (Å²) in [5, 5.41) is 4.70. The van der Waals surface area contributed by atoms with Crippen LogP contribution < -0.4 is 10.7 Å². The molecule has 2 heterocycles. The number of rotatable bonds is 3. The number of H-pyrrole nitrogens is 1. The molecule has 31 heavy (non-hydrogen) atoms. The van der Waals surface area contributed by atoms with Crippen LogP contribution in [0.5, 0.6) is 0 Å². The molecular weight excluding hydrogens is 404 g/mol. The minimum Gasteiger partial charge on any atom is -0.359 e. The molecule has 2 N–H and O–H groups in total. The molecule has 2 aromatic carbocycles. The molecule has 0 spiro atoms. The molecule has 5 heteroatoms. The highest BCUT2D eigenvalue weighted by molar-refractivity contribution is 7.17. The quantitative estimate of drug-likeness (QED) is 0.347. The molecule has 0 aliphatic carbocycles. The van der Waals surface area contributed by atoms with E-state index < -0.39 is 5.91 Å². The number of pyridine rings is 1. The monoisotopic (exact) mass is 436 g/mol. The third kappa shape index (κ3) is 6.40. The average Bonchev–Trinajstić information content (AvgIpc) is 3.34. The molecule has 4 aromatic rings. The Bertz CT molecular complexity index is 1110. The average molecular weight is 437 g/mol. The number of anilines is 1. The van der Waals surface area contributed by atoms with Crippen molar-refractivity contribution < 1.29 is 4.79 Å². The van der Waals surface area contributed by atoms with Crippen molar-refractivity contribution in [3.63, 3.8) is 0 Å². The van der Waals surface area contributed by atoms with Crippen LogP contribution >= 0.6 is 11.3 Å². The molecule has 4 rings (SSSR count). The summed E-state index contributed by atoms with van der Waals surface area (Å²) in [6, 6.07) is 19.2. The first-order valence-electron chi connectivity index (χ1n) is 10.8. The number of hydrogen-bond donors (Lipinski definition) is 2. The maximum absolute atomic E-state index is 12.7. The predicted molar refractivity (Wildman–Crippen MR) is 136 cm³/mol. The standard InChI is InChI=1S/C20H14N2O2S.3C2H6/c23-18-15(12-21-17-10-11-25-19(17)18)20(24)22-16-9-5-4-8-14(16)13-6-2-1-3-7-13;3*1-2/h1-12H,(H,21,23)(H,22,24);3*1-2H3. The van der Waals surface area contributed by atoms with Gasteiger partial charge in [-0.15, -0.1) is 11.3 Å². The second-order valence-corrected chi connectivity index (χ2v) is 6.48. The van der Waals surface area contributed by atoms with Gasteiger partial charge in [-0.3, -0.25) is 9.59 Å². The molecule has 0 saturated carbocycles. The van der Waals surface area contributed by atoms with Gasteiger partial charge < -0.3 is 10.3 Å². The molecule has 0 radical (unpaired) electrons. The molecule has 1 amide bonds. The topological polar surface area (TPSA) is 62.0 Å². The summed E-state index contributed by atoms with van der Waals surface area (Å²) in [6.07, 6.45) is 1.47. The second-order valence-electron chi connectivity index (χ2n) is 5.56. The number of thiophene rings is 1. The smallest absolute Gasteiger partial charge is 0.261 e. The number of carbonyl (C=O) groups is 1. The van der Waals surface area contributed by atoms with E-state index in [1.54, 1.807) is 0 Å². The molecular formula is C26H32N2O2S. The number of benzene rings is 2. The summed E-state index contributed by atoms with van der Waals surface area (Å²) in [6.45, 7) is 12.0. The van der Waals surface area contributed by atoms with Crippen LogP contribution in [-0.4, -0.2) is 10.9 Å². The maximum Gasteiger partial charge on any atom is 0.261 e. The maximum atomic E-state index is 12.7. The van der Waals surface area contributed by atoms with Gasteiger partial charge in [-0.1, -0.05) is 90.1 Å². The van der Waals surface area contributed by atoms with Gasteiger partial charge in [0.2, 0.25) is 5.43 Å². The molecule has 0 atom stereocenters. The molecule has 0 bridgehead atoms. The molecule has 164 valence electrons. The molecule has 2 aromatic heterocycles. The number of aromatic nitrogens is 1. The van der Waals surface area contributed by atoms with Crippen LogP contribution in [-0.2, 0) is 0 Å². The first-order chi connectivity index (χ1) is 15.2. The van der Waals surface area contributed by atoms with Crippen LogP contribution in [0.3, 0.4) is 0 Å². The molecule has 0 unspecified atom stereocenters. The Hall–Kier alpha value is -3.18. The van der Waals surface area contributed by atoms with Crippen LogP contribution in [0.15, 0.2) is 77.0 Å². The first-order valence-corrected chi connectivity index (χ1v) is 11.7. The SMILES string of the molecule is CC.CC.CC.O=C(Nc1ccccc1-c1ccccc1)c1c[nH]c2ccsc2c1=O. The van der Waals surface area contributed by atoms with Gasteiger partial charge in [0.15, 0.2) is 0 Å². The highest BCUT2D eigenvalue weighted by Gasteiger charge is 2.15. The lowest BCUT2D eigenvalue weighted by atomic mass is 10.0. The lowest BCUT2D eigenvalue weighted by Crippen LogP contribution is -2.21. The Morgan fingerprint density at radius 3 is 2.13 bits per heavy atom. The minimum atomic E-state index is -0.417. The number of fused-ring (bicyclic) bond motifs is 1. The number of carbonyl (C=O) groups excluding carboxylic acids is 1. The van der Waals surface area contributed by atoms with Crippen LogP contribution in [0.2, 0.25) is 0 Å². The predicted octanol–water partition coefficient (Wildman–Crippen LogP) is 7.59. The van der Waals surface area contributed by atoms with E-state index >= 15 is 0 Å². The summed E-state index contributed by atoms with van der Waals surface area (Å²) in [7, 11) is 0. The van der Waals surface area contributed by atoms with E-state index in [4.69, 9.17) is 0 Å². The summed E-state index contributed by atoms with van der Waals surface area (Å²) >= 11 is 1.33. The van der Waals surface area contributed by atoms with Gasteiger partial charge in [0.25, 0.3) is 5.91 Å². The number of para-hydroxylation sites is 1. The van der Waals surface area contributed by atoms with Crippen molar-refractivity contribution in [2.75, 3.05) is 5.32 Å². The normalized spacial score (nSPS) is 9.23. The Morgan fingerprint density at radius 1 is 0.839 bits per heavy atom. The van der Waals surface area contributed by atoms with Gasteiger partial charge >= 0.3 is 0 Å². The van der Waals surface area contributed by atoms with Gasteiger partial charge in [0.05, 0.1) is 10.2 Å². The Kier molecular flexibility index (Phi) is 11.6.